The summed E-state index contributed by atoms with van der Waals surface area (Å²) in [6.45, 7) is 5.29. The minimum absolute atomic E-state index is 0.0777. The average Bonchev–Trinajstić information content (AvgIpc) is 3.22. The highest BCUT2D eigenvalue weighted by Gasteiger charge is 2.41. The molecule has 1 aliphatic carbocycles. The lowest BCUT2D eigenvalue weighted by atomic mass is 10.1. The van der Waals surface area contributed by atoms with Crippen molar-refractivity contribution in [3.8, 4) is 0 Å². The molecule has 2 rings (SSSR count). The Bertz CT molecular complexity index is 480. The van der Waals surface area contributed by atoms with Crippen molar-refractivity contribution in [1.82, 2.24) is 5.32 Å². The highest BCUT2D eigenvalue weighted by molar-refractivity contribution is 6.31. The van der Waals surface area contributed by atoms with Gasteiger partial charge >= 0.3 is 0 Å². The van der Waals surface area contributed by atoms with E-state index in [1.54, 1.807) is 6.92 Å². The van der Waals surface area contributed by atoms with E-state index in [2.05, 4.69) is 5.32 Å². The Morgan fingerprint density at radius 2 is 2.19 bits per heavy atom. The number of benzene rings is 1. The van der Waals surface area contributed by atoms with Crippen LogP contribution in [0.4, 0.5) is 0 Å². The minimum Gasteiger partial charge on any atom is -0.379 e. The first-order valence-electron chi connectivity index (χ1n) is 7.37. The summed E-state index contributed by atoms with van der Waals surface area (Å²) in [4.78, 5) is 12.0. The van der Waals surface area contributed by atoms with Crippen molar-refractivity contribution >= 4 is 17.5 Å². The smallest absolute Gasteiger partial charge is 0.249 e. The van der Waals surface area contributed by atoms with Gasteiger partial charge in [-0.1, -0.05) is 29.8 Å². The summed E-state index contributed by atoms with van der Waals surface area (Å²) in [6, 6.07) is 7.94. The third-order valence-electron chi connectivity index (χ3n) is 3.59. The zero-order chi connectivity index (χ0) is 15.2. The van der Waals surface area contributed by atoms with E-state index in [4.69, 9.17) is 21.1 Å². The van der Waals surface area contributed by atoms with Crippen LogP contribution in [0.15, 0.2) is 24.3 Å². The lowest BCUT2D eigenvalue weighted by Gasteiger charge is -2.13. The first-order chi connectivity index (χ1) is 10.1. The summed E-state index contributed by atoms with van der Waals surface area (Å²) in [5, 5.41) is 3.77. The Morgan fingerprint density at radius 1 is 1.43 bits per heavy atom. The van der Waals surface area contributed by atoms with Crippen molar-refractivity contribution in [2.45, 2.75) is 38.3 Å². The monoisotopic (exact) mass is 311 g/mol. The van der Waals surface area contributed by atoms with E-state index in [1.165, 1.54) is 0 Å². The highest BCUT2D eigenvalue weighted by Crippen LogP contribution is 2.43. The molecule has 4 nitrogen and oxygen atoms in total. The predicted octanol–water partition coefficient (Wildman–Crippen LogP) is 2.75. The number of nitrogens with one attached hydrogen (secondary N) is 1. The fraction of sp³-hybridized carbons (Fsp3) is 0.562. The molecular weight excluding hydrogens is 290 g/mol. The molecule has 0 radical (unpaired) electrons. The zero-order valence-corrected chi connectivity index (χ0v) is 13.2. The largest absolute Gasteiger partial charge is 0.379 e. The van der Waals surface area contributed by atoms with Gasteiger partial charge in [0.1, 0.15) is 6.10 Å². The molecule has 1 amide bonds. The molecule has 0 bridgehead atoms. The maximum atomic E-state index is 12.0. The average molecular weight is 312 g/mol. The van der Waals surface area contributed by atoms with E-state index in [0.717, 1.165) is 17.0 Å². The first kappa shape index (κ1) is 16.3. The van der Waals surface area contributed by atoms with E-state index in [1.807, 2.05) is 31.2 Å². The topological polar surface area (TPSA) is 47.6 Å². The van der Waals surface area contributed by atoms with Crippen LogP contribution in [0.5, 0.6) is 0 Å². The Kier molecular flexibility index (Phi) is 6.03. The number of hydrogen-bond donors (Lipinski definition) is 1. The molecule has 1 saturated carbocycles. The van der Waals surface area contributed by atoms with Gasteiger partial charge in [0, 0.05) is 23.6 Å². The van der Waals surface area contributed by atoms with Gasteiger partial charge in [-0.05, 0) is 31.9 Å². The molecule has 0 spiro atoms. The van der Waals surface area contributed by atoms with Crippen LogP contribution in [0.2, 0.25) is 5.02 Å². The van der Waals surface area contributed by atoms with Crippen molar-refractivity contribution in [3.05, 3.63) is 34.9 Å². The van der Waals surface area contributed by atoms with Crippen molar-refractivity contribution in [3.63, 3.8) is 0 Å². The van der Waals surface area contributed by atoms with Crippen LogP contribution in [0, 0.1) is 0 Å². The van der Waals surface area contributed by atoms with E-state index >= 15 is 0 Å². The molecule has 3 unspecified atom stereocenters. The molecule has 0 heterocycles. The number of hydrogen-bond acceptors (Lipinski definition) is 3. The number of rotatable bonds is 8. The van der Waals surface area contributed by atoms with Crippen molar-refractivity contribution in [1.29, 1.82) is 0 Å². The summed E-state index contributed by atoms with van der Waals surface area (Å²) in [5.41, 5.74) is 1.11. The van der Waals surface area contributed by atoms with Gasteiger partial charge in [-0.2, -0.15) is 0 Å². The fourth-order valence-corrected chi connectivity index (χ4v) is 2.55. The number of halogens is 1. The van der Waals surface area contributed by atoms with Gasteiger partial charge in [0.05, 0.1) is 13.2 Å². The lowest BCUT2D eigenvalue weighted by molar-refractivity contribution is -0.132. The molecular formula is C16H22ClNO3. The molecule has 116 valence electrons. The second kappa shape index (κ2) is 7.78. The number of carbonyl (C=O) groups excluding carboxylic acids is 1. The number of carbonyl (C=O) groups is 1. The maximum absolute atomic E-state index is 12.0. The predicted molar refractivity (Wildman–Crippen MR) is 82.6 cm³/mol. The summed E-state index contributed by atoms with van der Waals surface area (Å²) in [7, 11) is 0. The van der Waals surface area contributed by atoms with Crippen LogP contribution in [-0.2, 0) is 14.3 Å². The number of amides is 1. The SMILES string of the molecule is CCOCCOC(C)C(=O)NC1CC1c1ccccc1Cl. The third kappa shape index (κ3) is 4.70. The van der Waals surface area contributed by atoms with E-state index < -0.39 is 6.10 Å². The second-order valence-electron chi connectivity index (χ2n) is 5.19. The third-order valence-corrected chi connectivity index (χ3v) is 3.94. The van der Waals surface area contributed by atoms with Crippen LogP contribution >= 0.6 is 11.6 Å². The van der Waals surface area contributed by atoms with Crippen molar-refractivity contribution in [2.24, 2.45) is 0 Å². The molecule has 3 atom stereocenters. The van der Waals surface area contributed by atoms with Crippen LogP contribution in [0.3, 0.4) is 0 Å². The molecule has 1 fully saturated rings. The van der Waals surface area contributed by atoms with Crippen LogP contribution < -0.4 is 5.32 Å². The molecule has 0 aliphatic heterocycles. The maximum Gasteiger partial charge on any atom is 0.249 e. The van der Waals surface area contributed by atoms with Gasteiger partial charge in [0.15, 0.2) is 0 Å². The fourth-order valence-electron chi connectivity index (χ4n) is 2.28. The molecule has 1 aliphatic rings. The van der Waals surface area contributed by atoms with Crippen LogP contribution in [-0.4, -0.2) is 37.9 Å². The van der Waals surface area contributed by atoms with Gasteiger partial charge < -0.3 is 14.8 Å². The van der Waals surface area contributed by atoms with Crippen molar-refractivity contribution < 1.29 is 14.3 Å². The molecule has 1 N–H and O–H groups in total. The molecule has 5 heteroatoms. The quantitative estimate of drug-likeness (QED) is 0.751. The van der Waals surface area contributed by atoms with Crippen LogP contribution in [0.25, 0.3) is 0 Å². The van der Waals surface area contributed by atoms with E-state index in [0.29, 0.717) is 25.7 Å². The Balaban J connectivity index is 1.74. The lowest BCUT2D eigenvalue weighted by Crippen LogP contribution is -2.37. The van der Waals surface area contributed by atoms with Gasteiger partial charge in [-0.3, -0.25) is 4.79 Å². The van der Waals surface area contributed by atoms with Gasteiger partial charge in [-0.25, -0.2) is 0 Å². The molecule has 0 saturated heterocycles. The Labute approximate surface area is 130 Å². The Morgan fingerprint density at radius 3 is 2.90 bits per heavy atom. The van der Waals surface area contributed by atoms with E-state index in [9.17, 15) is 4.79 Å². The summed E-state index contributed by atoms with van der Waals surface area (Å²) >= 11 is 6.17. The molecule has 21 heavy (non-hydrogen) atoms. The molecule has 1 aromatic rings. The molecule has 0 aromatic heterocycles. The summed E-state index contributed by atoms with van der Waals surface area (Å²) in [6.07, 6.45) is 0.471. The molecule has 1 aromatic carbocycles. The second-order valence-corrected chi connectivity index (χ2v) is 5.60. The first-order valence-corrected chi connectivity index (χ1v) is 7.75. The normalized spacial score (nSPS) is 21.9. The van der Waals surface area contributed by atoms with Crippen molar-refractivity contribution in [2.75, 3.05) is 19.8 Å². The standard InChI is InChI=1S/C16H22ClNO3/c1-3-20-8-9-21-11(2)16(19)18-15-10-13(15)12-6-4-5-7-14(12)17/h4-7,11,13,15H,3,8-10H2,1-2H3,(H,18,19). The van der Waals surface area contributed by atoms with E-state index in [-0.39, 0.29) is 11.9 Å². The Hall–Kier alpha value is -1.10. The minimum atomic E-state index is -0.460. The summed E-state index contributed by atoms with van der Waals surface area (Å²) in [5.74, 6) is 0.240. The zero-order valence-electron chi connectivity index (χ0n) is 12.5. The number of ether oxygens (including phenoxy) is 2. The van der Waals surface area contributed by atoms with Gasteiger partial charge in [0.2, 0.25) is 5.91 Å². The summed E-state index contributed by atoms with van der Waals surface area (Å²) < 4.78 is 10.6. The van der Waals surface area contributed by atoms with Gasteiger partial charge in [0.25, 0.3) is 0 Å². The van der Waals surface area contributed by atoms with Crippen LogP contribution in [0.1, 0.15) is 31.7 Å². The van der Waals surface area contributed by atoms with Gasteiger partial charge in [-0.15, -0.1) is 0 Å². The highest BCUT2D eigenvalue weighted by atomic mass is 35.5.